The fraction of sp³-hybridized carbons (Fsp3) is 0.571. The largest absolute Gasteiger partial charge is 0.389 e. The predicted octanol–water partition coefficient (Wildman–Crippen LogP) is 1.62. The number of carbonyl (C=O) groups excluding carboxylic acids is 1. The van der Waals surface area contributed by atoms with Crippen molar-refractivity contribution in [3.63, 3.8) is 0 Å². The van der Waals surface area contributed by atoms with Gasteiger partial charge < -0.3 is 5.73 Å². The molecule has 0 rings (SSSR count). The lowest BCUT2D eigenvalue weighted by Crippen LogP contribution is -2.27. The van der Waals surface area contributed by atoms with E-state index in [1.165, 1.54) is 6.08 Å². The first-order valence-electron chi connectivity index (χ1n) is 3.33. The van der Waals surface area contributed by atoms with Gasteiger partial charge in [0.1, 0.15) is 0 Å². The summed E-state index contributed by atoms with van der Waals surface area (Å²) in [5.41, 5.74) is 4.74. The molecule has 12 heavy (non-hydrogen) atoms. The molecule has 0 saturated carbocycles. The first kappa shape index (κ1) is 11.0. The van der Waals surface area contributed by atoms with Gasteiger partial charge in [-0.15, -0.1) is 6.58 Å². The van der Waals surface area contributed by atoms with Crippen molar-refractivity contribution < 1.29 is 18.0 Å². The second kappa shape index (κ2) is 4.13. The van der Waals surface area contributed by atoms with Crippen LogP contribution in [-0.4, -0.2) is 12.1 Å². The van der Waals surface area contributed by atoms with Crippen LogP contribution in [0.3, 0.4) is 0 Å². The molecule has 5 heteroatoms. The van der Waals surface area contributed by atoms with Gasteiger partial charge in [0.25, 0.3) is 0 Å². The van der Waals surface area contributed by atoms with Crippen molar-refractivity contribution in [1.82, 2.24) is 0 Å². The summed E-state index contributed by atoms with van der Waals surface area (Å²) in [5, 5.41) is 0. The molecule has 0 saturated heterocycles. The molecule has 0 radical (unpaired) electrons. The highest BCUT2D eigenvalue weighted by Crippen LogP contribution is 2.26. The van der Waals surface area contributed by atoms with Crippen molar-refractivity contribution in [2.45, 2.75) is 19.0 Å². The topological polar surface area (TPSA) is 43.1 Å². The molecule has 0 aromatic rings. The molecule has 0 fully saturated rings. The minimum Gasteiger partial charge on any atom is -0.369 e. The number of carbonyl (C=O) groups is 1. The van der Waals surface area contributed by atoms with Gasteiger partial charge in [-0.05, 0) is 6.42 Å². The number of hydrogen-bond acceptors (Lipinski definition) is 1. The standard InChI is InChI=1S/C7H10F3NO/c1-2-3-5(6(11)12)4-7(8,9)10/h2,5H,1,3-4H2,(H2,11,12). The first-order chi connectivity index (χ1) is 5.37. The highest BCUT2D eigenvalue weighted by Gasteiger charge is 2.33. The van der Waals surface area contributed by atoms with E-state index in [1.54, 1.807) is 0 Å². The summed E-state index contributed by atoms with van der Waals surface area (Å²) in [7, 11) is 0. The molecule has 0 aromatic carbocycles. The van der Waals surface area contributed by atoms with Crippen LogP contribution in [0.2, 0.25) is 0 Å². The average Bonchev–Trinajstić information content (AvgIpc) is 1.83. The molecular formula is C7H10F3NO. The number of nitrogens with two attached hydrogens (primary N) is 1. The lowest BCUT2D eigenvalue weighted by molar-refractivity contribution is -0.152. The third-order valence-corrected chi connectivity index (χ3v) is 1.33. The van der Waals surface area contributed by atoms with Crippen molar-refractivity contribution in [1.29, 1.82) is 0 Å². The lowest BCUT2D eigenvalue weighted by atomic mass is 10.0. The molecule has 0 bridgehead atoms. The van der Waals surface area contributed by atoms with Gasteiger partial charge in [-0.2, -0.15) is 13.2 Å². The van der Waals surface area contributed by atoms with Crippen molar-refractivity contribution in [3.8, 4) is 0 Å². The van der Waals surface area contributed by atoms with E-state index in [0.717, 1.165) is 0 Å². The third-order valence-electron chi connectivity index (χ3n) is 1.33. The van der Waals surface area contributed by atoms with Gasteiger partial charge in [0, 0.05) is 5.92 Å². The zero-order chi connectivity index (χ0) is 9.78. The molecular weight excluding hydrogens is 171 g/mol. The van der Waals surface area contributed by atoms with E-state index < -0.39 is 24.4 Å². The smallest absolute Gasteiger partial charge is 0.369 e. The quantitative estimate of drug-likeness (QED) is 0.658. The second-order valence-corrected chi connectivity index (χ2v) is 2.44. The van der Waals surface area contributed by atoms with Crippen LogP contribution in [-0.2, 0) is 4.79 Å². The van der Waals surface area contributed by atoms with Gasteiger partial charge in [0.15, 0.2) is 0 Å². The lowest BCUT2D eigenvalue weighted by Gasteiger charge is -2.12. The molecule has 0 heterocycles. The van der Waals surface area contributed by atoms with Gasteiger partial charge in [-0.3, -0.25) is 4.79 Å². The summed E-state index contributed by atoms with van der Waals surface area (Å²) in [6.07, 6.45) is -4.30. The number of allylic oxidation sites excluding steroid dienone is 1. The van der Waals surface area contributed by atoms with E-state index >= 15 is 0 Å². The van der Waals surface area contributed by atoms with E-state index in [9.17, 15) is 18.0 Å². The van der Waals surface area contributed by atoms with Gasteiger partial charge in [-0.25, -0.2) is 0 Å². The molecule has 0 aliphatic heterocycles. The maximum atomic E-state index is 11.7. The van der Waals surface area contributed by atoms with Crippen molar-refractivity contribution in [3.05, 3.63) is 12.7 Å². The minimum absolute atomic E-state index is 0.0329. The minimum atomic E-state index is -4.34. The van der Waals surface area contributed by atoms with Gasteiger partial charge in [-0.1, -0.05) is 6.08 Å². The Morgan fingerprint density at radius 3 is 2.33 bits per heavy atom. The normalized spacial score (nSPS) is 13.9. The number of hydrogen-bond donors (Lipinski definition) is 1. The summed E-state index contributed by atoms with van der Waals surface area (Å²) < 4.78 is 35.2. The van der Waals surface area contributed by atoms with Crippen LogP contribution >= 0.6 is 0 Å². The van der Waals surface area contributed by atoms with Gasteiger partial charge >= 0.3 is 6.18 Å². The molecule has 0 spiro atoms. The van der Waals surface area contributed by atoms with E-state index in [0.29, 0.717) is 0 Å². The highest BCUT2D eigenvalue weighted by atomic mass is 19.4. The zero-order valence-corrected chi connectivity index (χ0v) is 6.40. The Hall–Kier alpha value is -1.00. The Balaban J connectivity index is 4.13. The maximum absolute atomic E-state index is 11.7. The van der Waals surface area contributed by atoms with E-state index in [1.807, 2.05) is 0 Å². The zero-order valence-electron chi connectivity index (χ0n) is 6.40. The number of rotatable bonds is 4. The van der Waals surface area contributed by atoms with Crippen LogP contribution in [0.25, 0.3) is 0 Å². The van der Waals surface area contributed by atoms with Crippen LogP contribution in [0.5, 0.6) is 0 Å². The number of primary amides is 1. The Morgan fingerprint density at radius 1 is 1.58 bits per heavy atom. The predicted molar refractivity (Wildman–Crippen MR) is 38.2 cm³/mol. The number of halogens is 3. The summed E-state index contributed by atoms with van der Waals surface area (Å²) in [6, 6.07) is 0. The fourth-order valence-corrected chi connectivity index (χ4v) is 0.781. The Morgan fingerprint density at radius 2 is 2.08 bits per heavy atom. The molecule has 0 aliphatic rings. The highest BCUT2D eigenvalue weighted by molar-refractivity contribution is 5.76. The second-order valence-electron chi connectivity index (χ2n) is 2.44. The molecule has 70 valence electrons. The van der Waals surface area contributed by atoms with E-state index in [2.05, 4.69) is 6.58 Å². The molecule has 0 aromatic heterocycles. The van der Waals surface area contributed by atoms with Crippen LogP contribution in [0.4, 0.5) is 13.2 Å². The Kier molecular flexibility index (Phi) is 3.79. The SMILES string of the molecule is C=CCC(CC(F)(F)F)C(N)=O. The van der Waals surface area contributed by atoms with Gasteiger partial charge in [0.2, 0.25) is 5.91 Å². The van der Waals surface area contributed by atoms with E-state index in [4.69, 9.17) is 5.73 Å². The van der Waals surface area contributed by atoms with Crippen molar-refractivity contribution >= 4 is 5.91 Å². The third kappa shape index (κ3) is 4.76. The maximum Gasteiger partial charge on any atom is 0.389 e. The van der Waals surface area contributed by atoms with Crippen LogP contribution < -0.4 is 5.73 Å². The van der Waals surface area contributed by atoms with Crippen LogP contribution in [0.15, 0.2) is 12.7 Å². The summed E-state index contributed by atoms with van der Waals surface area (Å²) in [5.74, 6) is -2.12. The summed E-state index contributed by atoms with van der Waals surface area (Å²) >= 11 is 0. The van der Waals surface area contributed by atoms with Crippen molar-refractivity contribution in [2.24, 2.45) is 11.7 Å². The molecule has 2 N–H and O–H groups in total. The number of alkyl halides is 3. The molecule has 1 atom stereocenters. The molecule has 1 amide bonds. The summed E-state index contributed by atoms with van der Waals surface area (Å²) in [4.78, 5) is 10.4. The molecule has 2 nitrogen and oxygen atoms in total. The Bertz CT molecular complexity index is 176. The van der Waals surface area contributed by atoms with Crippen LogP contribution in [0.1, 0.15) is 12.8 Å². The molecule has 0 aliphatic carbocycles. The van der Waals surface area contributed by atoms with Crippen LogP contribution in [0, 0.1) is 5.92 Å². The molecule has 1 unspecified atom stereocenters. The monoisotopic (exact) mass is 181 g/mol. The van der Waals surface area contributed by atoms with Crippen molar-refractivity contribution in [2.75, 3.05) is 0 Å². The average molecular weight is 181 g/mol. The Labute approximate surface area is 68.2 Å². The van der Waals surface area contributed by atoms with E-state index in [-0.39, 0.29) is 6.42 Å². The van der Waals surface area contributed by atoms with Gasteiger partial charge in [0.05, 0.1) is 6.42 Å². The summed E-state index contributed by atoms with van der Waals surface area (Å²) in [6.45, 7) is 3.24. The first-order valence-corrected chi connectivity index (χ1v) is 3.33. The fourth-order valence-electron chi connectivity index (χ4n) is 0.781. The number of amides is 1.